The highest BCUT2D eigenvalue weighted by atomic mass is 35.5. The zero-order valence-corrected chi connectivity index (χ0v) is 10.1. The molecule has 0 aliphatic carbocycles. The molecule has 0 saturated carbocycles. The number of carboxylic acid groups (broad SMARTS) is 1. The van der Waals surface area contributed by atoms with Gasteiger partial charge in [0.25, 0.3) is 0 Å². The van der Waals surface area contributed by atoms with Crippen LogP contribution in [0.3, 0.4) is 0 Å². The van der Waals surface area contributed by atoms with E-state index in [1.807, 2.05) is 0 Å². The monoisotopic (exact) mass is 269 g/mol. The van der Waals surface area contributed by atoms with Crippen LogP contribution in [0.25, 0.3) is 0 Å². The molecule has 0 radical (unpaired) electrons. The summed E-state index contributed by atoms with van der Waals surface area (Å²) in [6, 6.07) is 4.81. The molecule has 0 atom stereocenters. The number of carbonyl (C=O) groups excluding carboxylic acids is 1. The number of rotatable bonds is 5. The zero-order valence-electron chi connectivity index (χ0n) is 9.39. The average molecular weight is 270 g/mol. The first kappa shape index (κ1) is 14.0. The van der Waals surface area contributed by atoms with Crippen LogP contribution in [-0.4, -0.2) is 23.2 Å². The fraction of sp³-hybridized carbons (Fsp3) is 0.182. The van der Waals surface area contributed by atoms with Gasteiger partial charge in [-0.2, -0.15) is 5.10 Å². The predicted molar refractivity (Wildman–Crippen MR) is 68.7 cm³/mol. The number of aliphatic carboxylic acids is 1. The summed E-state index contributed by atoms with van der Waals surface area (Å²) in [6.07, 6.45) is 1.09. The maximum atomic E-state index is 11.4. The number of hydrazone groups is 1. The number of benzene rings is 1. The van der Waals surface area contributed by atoms with Gasteiger partial charge in [-0.25, -0.2) is 0 Å². The Kier molecular flexibility index (Phi) is 5.13. The standard InChI is InChI=1S/C11H12ClN3O3/c12-9-5-8(2-1-7(9)6-14-13)15-10(16)3-4-11(17)18/h1-2,5-6H,3-4,13H2,(H,15,16)(H,17,18). The third kappa shape index (κ3) is 4.42. The maximum absolute atomic E-state index is 11.4. The molecule has 18 heavy (non-hydrogen) atoms. The molecule has 0 bridgehead atoms. The lowest BCUT2D eigenvalue weighted by molar-refractivity contribution is -0.138. The molecule has 96 valence electrons. The molecule has 0 aliphatic heterocycles. The Morgan fingerprint density at radius 2 is 2.17 bits per heavy atom. The van der Waals surface area contributed by atoms with E-state index in [0.29, 0.717) is 16.3 Å². The van der Waals surface area contributed by atoms with E-state index in [9.17, 15) is 9.59 Å². The number of nitrogens with zero attached hydrogens (tertiary/aromatic N) is 1. The van der Waals surface area contributed by atoms with Crippen LogP contribution in [0, 0.1) is 0 Å². The van der Waals surface area contributed by atoms with Crippen LogP contribution in [0.1, 0.15) is 18.4 Å². The number of hydrogen-bond donors (Lipinski definition) is 3. The van der Waals surface area contributed by atoms with Gasteiger partial charge in [0.2, 0.25) is 5.91 Å². The van der Waals surface area contributed by atoms with E-state index < -0.39 is 5.97 Å². The lowest BCUT2D eigenvalue weighted by atomic mass is 10.2. The second-order valence-corrected chi connectivity index (χ2v) is 3.86. The van der Waals surface area contributed by atoms with Crippen molar-refractivity contribution in [3.05, 3.63) is 28.8 Å². The van der Waals surface area contributed by atoms with Crippen LogP contribution >= 0.6 is 11.6 Å². The summed E-state index contributed by atoms with van der Waals surface area (Å²) in [4.78, 5) is 21.7. The number of hydrogen-bond acceptors (Lipinski definition) is 4. The zero-order chi connectivity index (χ0) is 13.5. The third-order valence-electron chi connectivity index (χ3n) is 2.06. The first-order valence-corrected chi connectivity index (χ1v) is 5.45. The summed E-state index contributed by atoms with van der Waals surface area (Å²) in [7, 11) is 0. The Morgan fingerprint density at radius 3 is 2.72 bits per heavy atom. The SMILES string of the molecule is NN=Cc1ccc(NC(=O)CCC(=O)O)cc1Cl. The van der Waals surface area contributed by atoms with Gasteiger partial charge in [-0.3, -0.25) is 9.59 Å². The number of carbonyl (C=O) groups is 2. The van der Waals surface area contributed by atoms with Crippen LogP contribution in [0.2, 0.25) is 5.02 Å². The fourth-order valence-electron chi connectivity index (χ4n) is 1.23. The summed E-state index contributed by atoms with van der Waals surface area (Å²) in [5.74, 6) is 3.60. The van der Waals surface area contributed by atoms with E-state index in [2.05, 4.69) is 10.4 Å². The van der Waals surface area contributed by atoms with Crippen molar-refractivity contribution in [2.24, 2.45) is 10.9 Å². The molecule has 1 amide bonds. The van der Waals surface area contributed by atoms with Gasteiger partial charge in [-0.05, 0) is 18.2 Å². The van der Waals surface area contributed by atoms with Gasteiger partial charge >= 0.3 is 5.97 Å². The lowest BCUT2D eigenvalue weighted by Crippen LogP contribution is -2.13. The predicted octanol–water partition coefficient (Wildman–Crippen LogP) is 1.44. The van der Waals surface area contributed by atoms with Gasteiger partial charge in [0.15, 0.2) is 0 Å². The van der Waals surface area contributed by atoms with Crippen LogP contribution in [0.5, 0.6) is 0 Å². The van der Waals surface area contributed by atoms with E-state index in [-0.39, 0.29) is 18.7 Å². The van der Waals surface area contributed by atoms with E-state index in [4.69, 9.17) is 22.6 Å². The highest BCUT2D eigenvalue weighted by Gasteiger charge is 2.07. The number of halogens is 1. The van der Waals surface area contributed by atoms with Crippen LogP contribution in [0.4, 0.5) is 5.69 Å². The van der Waals surface area contributed by atoms with Gasteiger partial charge in [0.05, 0.1) is 17.7 Å². The molecular formula is C11H12ClN3O3. The Morgan fingerprint density at radius 1 is 1.44 bits per heavy atom. The van der Waals surface area contributed by atoms with Crippen molar-refractivity contribution in [3.63, 3.8) is 0 Å². The highest BCUT2D eigenvalue weighted by molar-refractivity contribution is 6.33. The first-order valence-electron chi connectivity index (χ1n) is 5.07. The maximum Gasteiger partial charge on any atom is 0.303 e. The molecule has 0 saturated heterocycles. The largest absolute Gasteiger partial charge is 0.481 e. The fourth-order valence-corrected chi connectivity index (χ4v) is 1.46. The van der Waals surface area contributed by atoms with E-state index in [0.717, 1.165) is 0 Å². The molecule has 0 aromatic heterocycles. The van der Waals surface area contributed by atoms with Gasteiger partial charge < -0.3 is 16.3 Å². The second kappa shape index (κ2) is 6.61. The minimum Gasteiger partial charge on any atom is -0.481 e. The summed E-state index contributed by atoms with van der Waals surface area (Å²) in [5.41, 5.74) is 1.12. The van der Waals surface area contributed by atoms with Crippen molar-refractivity contribution in [2.75, 3.05) is 5.32 Å². The molecule has 0 spiro atoms. The Labute approximate surface area is 108 Å². The molecule has 4 N–H and O–H groups in total. The molecular weight excluding hydrogens is 258 g/mol. The van der Waals surface area contributed by atoms with Gasteiger partial charge in [-0.1, -0.05) is 11.6 Å². The summed E-state index contributed by atoms with van der Waals surface area (Å²) in [5, 5.41) is 14.7. The normalized spacial score (nSPS) is 10.5. The smallest absolute Gasteiger partial charge is 0.303 e. The molecule has 1 aromatic rings. The Balaban J connectivity index is 2.65. The molecule has 0 aliphatic rings. The minimum atomic E-state index is -1.02. The number of nitrogens with one attached hydrogen (secondary N) is 1. The van der Waals surface area contributed by atoms with Crippen molar-refractivity contribution in [3.8, 4) is 0 Å². The highest BCUT2D eigenvalue weighted by Crippen LogP contribution is 2.19. The Hall–Kier alpha value is -2.08. The van der Waals surface area contributed by atoms with E-state index in [1.165, 1.54) is 12.3 Å². The number of anilines is 1. The van der Waals surface area contributed by atoms with Crippen molar-refractivity contribution in [1.82, 2.24) is 0 Å². The Bertz CT molecular complexity index is 488. The minimum absolute atomic E-state index is 0.0844. The molecule has 1 aromatic carbocycles. The number of nitrogens with two attached hydrogens (primary N) is 1. The number of carboxylic acids is 1. The summed E-state index contributed by atoms with van der Waals surface area (Å²) >= 11 is 5.93. The molecule has 7 heteroatoms. The molecule has 0 heterocycles. The molecule has 6 nitrogen and oxygen atoms in total. The second-order valence-electron chi connectivity index (χ2n) is 3.46. The molecule has 1 rings (SSSR count). The summed E-state index contributed by atoms with van der Waals surface area (Å²) in [6.45, 7) is 0. The lowest BCUT2D eigenvalue weighted by Gasteiger charge is -2.06. The van der Waals surface area contributed by atoms with Crippen molar-refractivity contribution in [2.45, 2.75) is 12.8 Å². The van der Waals surface area contributed by atoms with Gasteiger partial charge in [0.1, 0.15) is 0 Å². The summed E-state index contributed by atoms with van der Waals surface area (Å²) < 4.78 is 0. The van der Waals surface area contributed by atoms with Gasteiger partial charge in [0, 0.05) is 17.7 Å². The number of amides is 1. The topological polar surface area (TPSA) is 105 Å². The van der Waals surface area contributed by atoms with Crippen LogP contribution in [-0.2, 0) is 9.59 Å². The quantitative estimate of drug-likeness (QED) is 0.427. The third-order valence-corrected chi connectivity index (χ3v) is 2.39. The average Bonchev–Trinajstić information content (AvgIpc) is 2.30. The van der Waals surface area contributed by atoms with E-state index >= 15 is 0 Å². The van der Waals surface area contributed by atoms with Crippen LogP contribution in [0.15, 0.2) is 23.3 Å². The van der Waals surface area contributed by atoms with Gasteiger partial charge in [-0.15, -0.1) is 0 Å². The molecule has 0 unspecified atom stereocenters. The van der Waals surface area contributed by atoms with E-state index in [1.54, 1.807) is 12.1 Å². The van der Waals surface area contributed by atoms with Crippen molar-refractivity contribution >= 4 is 35.4 Å². The first-order chi connectivity index (χ1) is 8.52. The van der Waals surface area contributed by atoms with Crippen molar-refractivity contribution < 1.29 is 14.7 Å². The van der Waals surface area contributed by atoms with Crippen molar-refractivity contribution in [1.29, 1.82) is 0 Å². The molecule has 0 fully saturated rings. The van der Waals surface area contributed by atoms with Crippen LogP contribution < -0.4 is 11.2 Å².